The van der Waals surface area contributed by atoms with Crippen LogP contribution in [0.25, 0.3) is 56.7 Å². The average Bonchev–Trinajstić information content (AvgIpc) is 3.84. The standard InChI is InChI=1S/2C38H26O/c2*39-33-26-25-27-15-13-14-24-32(27)38(33)36(30-20-9-3-10-21-30)34(28-16-5-1-6-17-28)35(29-18-7-2-8-19-29)37(38)31-22-11-4-12-23-31/h2*1-26H. The van der Waals surface area contributed by atoms with Crippen molar-refractivity contribution in [2.45, 2.75) is 10.8 Å². The number of fused-ring (bicyclic) bond motifs is 4. The van der Waals surface area contributed by atoms with Crippen LogP contribution >= 0.6 is 0 Å². The summed E-state index contributed by atoms with van der Waals surface area (Å²) >= 11 is 0. The first-order chi connectivity index (χ1) is 38.6. The second-order valence-corrected chi connectivity index (χ2v) is 20.0. The van der Waals surface area contributed by atoms with E-state index in [1.807, 2.05) is 60.7 Å². The molecule has 0 radical (unpaired) electrons. The van der Waals surface area contributed by atoms with E-state index >= 15 is 0 Å². The van der Waals surface area contributed by atoms with Crippen LogP contribution in [0.2, 0.25) is 0 Å². The predicted molar refractivity (Wildman–Crippen MR) is 323 cm³/mol. The van der Waals surface area contributed by atoms with Crippen molar-refractivity contribution in [1.82, 2.24) is 0 Å². The van der Waals surface area contributed by atoms with Crippen LogP contribution in [0.3, 0.4) is 0 Å². The van der Waals surface area contributed by atoms with Crippen molar-refractivity contribution in [2.75, 3.05) is 0 Å². The van der Waals surface area contributed by atoms with Gasteiger partial charge in [0.15, 0.2) is 11.6 Å². The van der Waals surface area contributed by atoms with E-state index < -0.39 is 10.8 Å². The third kappa shape index (κ3) is 7.72. The number of hydrogen-bond acceptors (Lipinski definition) is 2. The molecular weight excluding hydrogens is 945 g/mol. The summed E-state index contributed by atoms with van der Waals surface area (Å²) < 4.78 is 0. The third-order valence-corrected chi connectivity index (χ3v) is 15.8. The molecule has 0 aromatic heterocycles. The number of carbonyl (C=O) groups excluding carboxylic acids is 2. The lowest BCUT2D eigenvalue weighted by Gasteiger charge is -2.38. The monoisotopic (exact) mass is 996 g/mol. The largest absolute Gasteiger partial charge is 0.293 e. The first kappa shape index (κ1) is 47.7. The van der Waals surface area contributed by atoms with Crippen molar-refractivity contribution in [2.24, 2.45) is 0 Å². The van der Waals surface area contributed by atoms with Gasteiger partial charge in [-0.25, -0.2) is 0 Å². The molecule has 368 valence electrons. The molecule has 2 nitrogen and oxygen atoms in total. The van der Waals surface area contributed by atoms with Gasteiger partial charge in [-0.3, -0.25) is 9.59 Å². The van der Waals surface area contributed by atoms with Gasteiger partial charge in [-0.2, -0.15) is 0 Å². The van der Waals surface area contributed by atoms with Crippen LogP contribution in [0, 0.1) is 0 Å². The first-order valence-corrected chi connectivity index (χ1v) is 26.7. The molecule has 10 aromatic rings. The Labute approximate surface area is 456 Å². The van der Waals surface area contributed by atoms with Crippen LogP contribution in [0.4, 0.5) is 0 Å². The quantitative estimate of drug-likeness (QED) is 0.152. The summed E-state index contributed by atoms with van der Waals surface area (Å²) in [5.41, 5.74) is 19.3. The summed E-state index contributed by atoms with van der Waals surface area (Å²) in [4.78, 5) is 29.5. The van der Waals surface area contributed by atoms with Crippen molar-refractivity contribution in [1.29, 1.82) is 0 Å². The normalized spacial score (nSPS) is 15.6. The highest BCUT2D eigenvalue weighted by Gasteiger charge is 2.57. The van der Waals surface area contributed by atoms with Crippen molar-refractivity contribution >= 4 is 68.3 Å². The second kappa shape index (κ2) is 20.3. The minimum absolute atomic E-state index is 0.0817. The lowest BCUT2D eigenvalue weighted by molar-refractivity contribution is -0.117. The highest BCUT2D eigenvalue weighted by atomic mass is 16.1. The van der Waals surface area contributed by atoms with Gasteiger partial charge >= 0.3 is 0 Å². The fraction of sp³-hybridized carbons (Fsp3) is 0.0263. The lowest BCUT2D eigenvalue weighted by atomic mass is 9.61. The fourth-order valence-electron chi connectivity index (χ4n) is 12.8. The molecule has 0 atom stereocenters. The Hall–Kier alpha value is -10.0. The average molecular weight is 997 g/mol. The van der Waals surface area contributed by atoms with Crippen LogP contribution in [0.15, 0.2) is 303 Å². The Morgan fingerprint density at radius 1 is 0.192 bits per heavy atom. The lowest BCUT2D eigenvalue weighted by Crippen LogP contribution is -2.38. The van der Waals surface area contributed by atoms with E-state index in [0.717, 1.165) is 111 Å². The molecule has 0 N–H and O–H groups in total. The number of allylic oxidation sites excluding steroid dienone is 10. The van der Waals surface area contributed by atoms with Crippen molar-refractivity contribution < 1.29 is 9.59 Å². The third-order valence-electron chi connectivity index (χ3n) is 15.8. The van der Waals surface area contributed by atoms with E-state index in [4.69, 9.17) is 0 Å². The smallest absolute Gasteiger partial charge is 0.175 e. The molecule has 10 aromatic carbocycles. The Bertz CT molecular complexity index is 3620. The van der Waals surface area contributed by atoms with Crippen LogP contribution in [-0.4, -0.2) is 11.6 Å². The van der Waals surface area contributed by atoms with Crippen molar-refractivity contribution in [3.8, 4) is 0 Å². The van der Waals surface area contributed by atoms with Gasteiger partial charge in [-0.15, -0.1) is 0 Å². The molecule has 78 heavy (non-hydrogen) atoms. The summed E-state index contributed by atoms with van der Waals surface area (Å²) in [6.07, 6.45) is 7.50. The van der Waals surface area contributed by atoms with Gasteiger partial charge in [0.05, 0.1) is 0 Å². The highest BCUT2D eigenvalue weighted by molar-refractivity contribution is 6.41. The van der Waals surface area contributed by atoms with E-state index in [1.54, 1.807) is 12.2 Å². The molecule has 0 aliphatic heterocycles. The minimum Gasteiger partial charge on any atom is -0.293 e. The Morgan fingerprint density at radius 2 is 0.385 bits per heavy atom. The second-order valence-electron chi connectivity index (χ2n) is 20.0. The molecule has 2 heteroatoms. The summed E-state index contributed by atoms with van der Waals surface area (Å²) in [5.74, 6) is 0.163. The van der Waals surface area contributed by atoms with Gasteiger partial charge < -0.3 is 0 Å². The zero-order chi connectivity index (χ0) is 52.5. The van der Waals surface area contributed by atoms with Crippen LogP contribution < -0.4 is 0 Å². The highest BCUT2D eigenvalue weighted by Crippen LogP contribution is 2.66. The maximum absolute atomic E-state index is 14.7. The maximum atomic E-state index is 14.7. The van der Waals surface area contributed by atoms with Crippen molar-refractivity contribution in [3.05, 3.63) is 370 Å². The number of carbonyl (C=O) groups is 2. The number of hydrogen-bond donors (Lipinski definition) is 0. The molecule has 0 unspecified atom stereocenters. The SMILES string of the molecule is O=C1C=Cc2ccccc2C12C(c1ccccc1)=C(c1ccccc1)C(c1ccccc1)=C2c1ccccc1.O=C1C=Cc2ccccc2C12C(c1ccccc1)=C(c1ccccc1)C(c1ccccc1)=C2c1ccccc1. The number of rotatable bonds is 8. The van der Waals surface area contributed by atoms with Gasteiger partial charge in [0, 0.05) is 0 Å². The maximum Gasteiger partial charge on any atom is 0.175 e. The van der Waals surface area contributed by atoms with Crippen LogP contribution in [0.5, 0.6) is 0 Å². The number of ketones is 2. The molecule has 14 rings (SSSR count). The summed E-state index contributed by atoms with van der Waals surface area (Å²) in [6, 6.07) is 101. The summed E-state index contributed by atoms with van der Waals surface area (Å²) in [5, 5.41) is 0. The molecule has 4 aliphatic carbocycles. The molecule has 0 saturated heterocycles. The van der Waals surface area contributed by atoms with E-state index in [0.29, 0.717) is 0 Å². The molecule has 0 bridgehead atoms. The predicted octanol–water partition coefficient (Wildman–Crippen LogP) is 17.5. The van der Waals surface area contributed by atoms with Crippen molar-refractivity contribution in [3.63, 3.8) is 0 Å². The molecule has 0 amide bonds. The zero-order valence-corrected chi connectivity index (χ0v) is 42.8. The topological polar surface area (TPSA) is 34.1 Å². The Balaban J connectivity index is 0.000000148. The Morgan fingerprint density at radius 3 is 0.615 bits per heavy atom. The molecule has 2 spiro atoms. The molecule has 4 aliphatic rings. The Kier molecular flexibility index (Phi) is 12.4. The van der Waals surface area contributed by atoms with E-state index in [-0.39, 0.29) is 11.6 Å². The van der Waals surface area contributed by atoms with Gasteiger partial charge in [-0.1, -0.05) is 303 Å². The summed E-state index contributed by atoms with van der Waals surface area (Å²) in [6.45, 7) is 0. The van der Waals surface area contributed by atoms with Gasteiger partial charge in [0.2, 0.25) is 0 Å². The molecule has 0 saturated carbocycles. The molecular formula is C76H52O2. The van der Waals surface area contributed by atoms with Gasteiger partial charge in [-0.05, 0) is 123 Å². The molecule has 0 heterocycles. The minimum atomic E-state index is -1.01. The van der Waals surface area contributed by atoms with Crippen LogP contribution in [0.1, 0.15) is 66.8 Å². The van der Waals surface area contributed by atoms with Crippen LogP contribution in [-0.2, 0) is 20.4 Å². The number of benzene rings is 10. The summed E-state index contributed by atoms with van der Waals surface area (Å²) in [7, 11) is 0. The van der Waals surface area contributed by atoms with Gasteiger partial charge in [0.1, 0.15) is 10.8 Å². The van der Waals surface area contributed by atoms with E-state index in [2.05, 4.69) is 243 Å². The van der Waals surface area contributed by atoms with E-state index in [1.165, 1.54) is 0 Å². The fourth-order valence-corrected chi connectivity index (χ4v) is 12.8. The first-order valence-electron chi connectivity index (χ1n) is 26.7. The van der Waals surface area contributed by atoms with Gasteiger partial charge in [0.25, 0.3) is 0 Å². The zero-order valence-electron chi connectivity index (χ0n) is 42.8. The molecule has 0 fully saturated rings. The van der Waals surface area contributed by atoms with E-state index in [9.17, 15) is 9.59 Å².